The molecule has 0 aromatic heterocycles. The summed E-state index contributed by atoms with van der Waals surface area (Å²) in [5.74, 6) is -0.135. The van der Waals surface area contributed by atoms with Gasteiger partial charge in [-0.1, -0.05) is 43.7 Å². The van der Waals surface area contributed by atoms with Crippen LogP contribution < -0.4 is 10.2 Å². The van der Waals surface area contributed by atoms with Gasteiger partial charge >= 0.3 is 0 Å². The van der Waals surface area contributed by atoms with E-state index >= 15 is 0 Å². The third-order valence-electron chi connectivity index (χ3n) is 5.20. The highest BCUT2D eigenvalue weighted by Gasteiger charge is 2.34. The fourth-order valence-corrected chi connectivity index (χ4v) is 4.86. The normalized spacial score (nSPS) is 15.9. The van der Waals surface area contributed by atoms with Crippen molar-refractivity contribution in [3.63, 3.8) is 0 Å². The molecule has 3 aromatic carbocycles. The van der Waals surface area contributed by atoms with Crippen LogP contribution in [-0.4, -0.2) is 17.6 Å². The fraction of sp³-hybridized carbons (Fsp3) is 0.200. The Labute approximate surface area is 185 Å². The van der Waals surface area contributed by atoms with Crippen LogP contribution in [-0.2, 0) is 11.2 Å². The molecule has 0 bridgehead atoms. The second-order valence-corrected chi connectivity index (χ2v) is 8.46. The lowest BCUT2D eigenvalue weighted by atomic mass is 10.1. The number of para-hydroxylation sites is 1. The summed E-state index contributed by atoms with van der Waals surface area (Å²) in [6.07, 6.45) is 1.94. The number of hydrogen-bond acceptors (Lipinski definition) is 3. The highest BCUT2D eigenvalue weighted by atomic mass is 32.2. The molecule has 0 saturated carbocycles. The molecule has 1 fully saturated rings. The first-order valence-electron chi connectivity index (χ1n) is 10.2. The second-order valence-electron chi connectivity index (χ2n) is 7.39. The van der Waals surface area contributed by atoms with E-state index in [1.165, 1.54) is 29.8 Å². The van der Waals surface area contributed by atoms with E-state index in [1.54, 1.807) is 11.8 Å². The number of nitrogens with one attached hydrogen (secondary N) is 1. The number of anilines is 2. The van der Waals surface area contributed by atoms with Crippen molar-refractivity contribution in [2.24, 2.45) is 0 Å². The number of thioether (sulfide) groups is 1. The summed E-state index contributed by atoms with van der Waals surface area (Å²) in [6.45, 7) is 2.13. The van der Waals surface area contributed by atoms with E-state index in [4.69, 9.17) is 0 Å². The Kier molecular flexibility index (Phi) is 6.37. The lowest BCUT2D eigenvalue weighted by Gasteiger charge is -2.26. The van der Waals surface area contributed by atoms with Gasteiger partial charge in [-0.3, -0.25) is 14.5 Å². The van der Waals surface area contributed by atoms with Crippen molar-refractivity contribution < 1.29 is 14.0 Å². The van der Waals surface area contributed by atoms with Gasteiger partial charge in [0.25, 0.3) is 5.91 Å². The first-order valence-corrected chi connectivity index (χ1v) is 11.3. The smallest absolute Gasteiger partial charge is 0.255 e. The molecule has 0 aliphatic carbocycles. The van der Waals surface area contributed by atoms with Crippen molar-refractivity contribution in [3.05, 3.63) is 95.3 Å². The van der Waals surface area contributed by atoms with Crippen molar-refractivity contribution >= 4 is 35.0 Å². The molecule has 158 valence electrons. The molecule has 2 amide bonds. The molecule has 1 N–H and O–H groups in total. The van der Waals surface area contributed by atoms with Crippen LogP contribution in [0.5, 0.6) is 0 Å². The zero-order valence-electron chi connectivity index (χ0n) is 17.2. The molecule has 0 radical (unpaired) electrons. The molecular weight excluding hydrogens is 411 g/mol. The third kappa shape index (κ3) is 4.64. The molecule has 1 saturated heterocycles. The van der Waals surface area contributed by atoms with E-state index in [1.807, 2.05) is 47.4 Å². The van der Waals surface area contributed by atoms with Crippen LogP contribution >= 0.6 is 11.8 Å². The number of hydrogen-bond donors (Lipinski definition) is 1. The van der Waals surface area contributed by atoms with E-state index in [0.717, 1.165) is 24.1 Å². The topological polar surface area (TPSA) is 49.4 Å². The number of nitrogens with zero attached hydrogens (tertiary/aromatic N) is 1. The van der Waals surface area contributed by atoms with Crippen molar-refractivity contribution in [1.29, 1.82) is 0 Å². The van der Waals surface area contributed by atoms with Crippen molar-refractivity contribution in [3.8, 4) is 0 Å². The lowest BCUT2D eigenvalue weighted by Crippen LogP contribution is -2.28. The Bertz CT molecular complexity index is 1080. The van der Waals surface area contributed by atoms with Crippen LogP contribution in [0.4, 0.5) is 15.8 Å². The fourth-order valence-electron chi connectivity index (χ4n) is 3.69. The minimum Gasteiger partial charge on any atom is -0.322 e. The Morgan fingerprint density at radius 2 is 1.77 bits per heavy atom. The average molecular weight is 435 g/mol. The van der Waals surface area contributed by atoms with Crippen LogP contribution in [0.25, 0.3) is 0 Å². The molecule has 0 spiro atoms. The highest BCUT2D eigenvalue weighted by Crippen LogP contribution is 2.43. The standard InChI is InChI=1S/C25H23FN2O2S/c1-2-5-17-6-3-4-7-22(17)28-23(29)16-31-25(28)19-10-14-21(15-11-19)27-24(30)18-8-12-20(26)13-9-18/h3-4,6-15,25H,2,5,16H2,1H3,(H,27,30). The number of halogens is 1. The van der Waals surface area contributed by atoms with Crippen LogP contribution in [0.15, 0.2) is 72.8 Å². The number of rotatable bonds is 6. The molecule has 6 heteroatoms. The van der Waals surface area contributed by atoms with Gasteiger partial charge in [-0.05, 0) is 60.0 Å². The molecule has 1 unspecified atom stereocenters. The van der Waals surface area contributed by atoms with Gasteiger partial charge in [0.15, 0.2) is 0 Å². The molecular formula is C25H23FN2O2S. The Hall–Kier alpha value is -3.12. The Morgan fingerprint density at radius 1 is 1.06 bits per heavy atom. The predicted octanol–water partition coefficient (Wildman–Crippen LogP) is 5.81. The summed E-state index contributed by atoms with van der Waals surface area (Å²) in [6, 6.07) is 21.0. The molecule has 31 heavy (non-hydrogen) atoms. The van der Waals surface area contributed by atoms with Crippen LogP contribution in [0, 0.1) is 5.82 Å². The first kappa shape index (κ1) is 21.1. The largest absolute Gasteiger partial charge is 0.322 e. The Balaban J connectivity index is 1.53. The number of carbonyl (C=O) groups is 2. The summed E-state index contributed by atoms with van der Waals surface area (Å²) in [4.78, 5) is 27.0. The minimum atomic E-state index is -0.380. The van der Waals surface area contributed by atoms with E-state index in [2.05, 4.69) is 18.3 Å². The summed E-state index contributed by atoms with van der Waals surface area (Å²) in [5, 5.41) is 2.72. The molecule has 4 nitrogen and oxygen atoms in total. The van der Waals surface area contributed by atoms with E-state index < -0.39 is 0 Å². The summed E-state index contributed by atoms with van der Waals surface area (Å²) < 4.78 is 13.1. The molecule has 4 rings (SSSR count). The molecule has 1 aliphatic rings. The van der Waals surface area contributed by atoms with E-state index in [9.17, 15) is 14.0 Å². The number of aryl methyl sites for hydroxylation is 1. The highest BCUT2D eigenvalue weighted by molar-refractivity contribution is 8.00. The number of amides is 2. The van der Waals surface area contributed by atoms with Crippen LogP contribution in [0.3, 0.4) is 0 Å². The number of carbonyl (C=O) groups excluding carboxylic acids is 2. The molecule has 1 aliphatic heterocycles. The maximum Gasteiger partial charge on any atom is 0.255 e. The van der Waals surface area contributed by atoms with Gasteiger partial charge in [-0.2, -0.15) is 0 Å². The molecule has 1 heterocycles. The van der Waals surface area contributed by atoms with E-state index in [-0.39, 0.29) is 23.0 Å². The zero-order valence-corrected chi connectivity index (χ0v) is 18.0. The van der Waals surface area contributed by atoms with Gasteiger partial charge in [0.1, 0.15) is 11.2 Å². The summed E-state index contributed by atoms with van der Waals surface area (Å²) >= 11 is 1.60. The quantitative estimate of drug-likeness (QED) is 0.533. The summed E-state index contributed by atoms with van der Waals surface area (Å²) in [7, 11) is 0. The van der Waals surface area contributed by atoms with Gasteiger partial charge in [0.05, 0.1) is 5.75 Å². The van der Waals surface area contributed by atoms with Crippen molar-refractivity contribution in [2.45, 2.75) is 25.1 Å². The first-order chi connectivity index (χ1) is 15.1. The van der Waals surface area contributed by atoms with Crippen molar-refractivity contribution in [2.75, 3.05) is 16.0 Å². The number of benzene rings is 3. The lowest BCUT2D eigenvalue weighted by molar-refractivity contribution is -0.115. The molecule has 1 atom stereocenters. The van der Waals surface area contributed by atoms with E-state index in [0.29, 0.717) is 17.0 Å². The van der Waals surface area contributed by atoms with Crippen LogP contribution in [0.2, 0.25) is 0 Å². The maximum absolute atomic E-state index is 13.1. The van der Waals surface area contributed by atoms with Gasteiger partial charge < -0.3 is 5.32 Å². The van der Waals surface area contributed by atoms with Gasteiger partial charge in [-0.25, -0.2) is 4.39 Å². The monoisotopic (exact) mass is 434 g/mol. The third-order valence-corrected chi connectivity index (χ3v) is 6.41. The second kappa shape index (κ2) is 9.35. The zero-order chi connectivity index (χ0) is 21.8. The Morgan fingerprint density at radius 3 is 2.48 bits per heavy atom. The summed E-state index contributed by atoms with van der Waals surface area (Å²) in [5.41, 5.74) is 4.18. The van der Waals surface area contributed by atoms with Gasteiger partial charge in [-0.15, -0.1) is 11.8 Å². The predicted molar refractivity (Wildman–Crippen MR) is 124 cm³/mol. The minimum absolute atomic E-state index is 0.104. The molecule has 3 aromatic rings. The SMILES string of the molecule is CCCc1ccccc1N1C(=O)CSC1c1ccc(NC(=O)c2ccc(F)cc2)cc1. The average Bonchev–Trinajstić information content (AvgIpc) is 3.16. The van der Waals surface area contributed by atoms with Crippen LogP contribution in [0.1, 0.15) is 40.2 Å². The van der Waals surface area contributed by atoms with Gasteiger partial charge in [0.2, 0.25) is 5.91 Å². The maximum atomic E-state index is 13.1. The van der Waals surface area contributed by atoms with Crippen molar-refractivity contribution in [1.82, 2.24) is 0 Å². The van der Waals surface area contributed by atoms with Gasteiger partial charge in [0, 0.05) is 16.9 Å².